The van der Waals surface area contributed by atoms with E-state index in [1.54, 1.807) is 18.9 Å². The third-order valence-electron chi connectivity index (χ3n) is 7.40. The van der Waals surface area contributed by atoms with Crippen LogP contribution in [0.2, 0.25) is 0 Å². The van der Waals surface area contributed by atoms with Gasteiger partial charge in [-0.05, 0) is 49.6 Å². The molecule has 0 aliphatic carbocycles. The first-order valence-corrected chi connectivity index (χ1v) is 13.2. The van der Waals surface area contributed by atoms with E-state index in [1.165, 1.54) is 9.80 Å². The maximum Gasteiger partial charge on any atom is 0.322 e. The lowest BCUT2D eigenvalue weighted by Gasteiger charge is -2.32. The summed E-state index contributed by atoms with van der Waals surface area (Å²) in [7, 11) is 1.62. The molecule has 1 N–H and O–H groups in total. The number of rotatable bonds is 7. The molecule has 3 heterocycles. The lowest BCUT2D eigenvalue weighted by atomic mass is 9.95. The fourth-order valence-corrected chi connectivity index (χ4v) is 5.27. The Morgan fingerprint density at radius 1 is 1.00 bits per heavy atom. The van der Waals surface area contributed by atoms with Gasteiger partial charge in [0.15, 0.2) is 0 Å². The monoisotopic (exact) mass is 532 g/mol. The number of hydrogen-bond donors (Lipinski definition) is 1. The summed E-state index contributed by atoms with van der Waals surface area (Å²) < 4.78 is 11.1. The summed E-state index contributed by atoms with van der Waals surface area (Å²) in [4.78, 5) is 56.2. The molecule has 2 aromatic carbocycles. The molecule has 2 aromatic rings. The van der Waals surface area contributed by atoms with Crippen molar-refractivity contribution in [2.24, 2.45) is 5.92 Å². The number of carbonyl (C=O) groups excluding carboxylic acids is 4. The number of likely N-dealkylation sites (N-methyl/N-ethyl adjacent to an activating group) is 1. The van der Waals surface area contributed by atoms with Crippen LogP contribution in [-0.2, 0) is 19.1 Å². The molecule has 1 atom stereocenters. The topological polar surface area (TPSA) is 108 Å². The molecular formula is C29H32N4O6. The molecule has 0 aromatic heterocycles. The molecule has 0 saturated carbocycles. The second-order valence-corrected chi connectivity index (χ2v) is 9.86. The van der Waals surface area contributed by atoms with Gasteiger partial charge < -0.3 is 24.6 Å². The maximum absolute atomic E-state index is 13.6. The van der Waals surface area contributed by atoms with Crippen molar-refractivity contribution in [1.29, 1.82) is 0 Å². The van der Waals surface area contributed by atoms with Gasteiger partial charge in [-0.1, -0.05) is 30.3 Å². The molecule has 4 amide bonds. The van der Waals surface area contributed by atoms with E-state index in [-0.39, 0.29) is 42.8 Å². The Morgan fingerprint density at radius 2 is 1.72 bits per heavy atom. The number of piperidine rings is 1. The number of hydrogen-bond acceptors (Lipinski definition) is 6. The zero-order chi connectivity index (χ0) is 27.5. The summed E-state index contributed by atoms with van der Waals surface area (Å²) in [5, 5.41) is 2.93. The van der Waals surface area contributed by atoms with Crippen LogP contribution in [-0.4, -0.2) is 78.3 Å². The van der Waals surface area contributed by atoms with Crippen LogP contribution in [0.3, 0.4) is 0 Å². The third-order valence-corrected chi connectivity index (χ3v) is 7.40. The Morgan fingerprint density at radius 3 is 2.44 bits per heavy atom. The number of carbonyl (C=O) groups is 4. The van der Waals surface area contributed by atoms with E-state index in [0.29, 0.717) is 60.9 Å². The summed E-state index contributed by atoms with van der Waals surface area (Å²) in [6.45, 7) is 3.06. The number of urea groups is 1. The van der Waals surface area contributed by atoms with Gasteiger partial charge in [-0.25, -0.2) is 4.79 Å². The minimum atomic E-state index is -0.670. The van der Waals surface area contributed by atoms with Gasteiger partial charge in [0, 0.05) is 20.1 Å². The number of nitrogens with zero attached hydrogens (tertiary/aromatic N) is 3. The summed E-state index contributed by atoms with van der Waals surface area (Å²) in [5.74, 6) is 0.367. The van der Waals surface area contributed by atoms with Crippen LogP contribution in [0, 0.1) is 5.92 Å². The minimum absolute atomic E-state index is 0.0954. The quantitative estimate of drug-likeness (QED) is 0.549. The van der Waals surface area contributed by atoms with Gasteiger partial charge in [0.2, 0.25) is 5.91 Å². The molecule has 10 heteroatoms. The summed E-state index contributed by atoms with van der Waals surface area (Å²) in [6.07, 6.45) is 1.08. The zero-order valence-corrected chi connectivity index (χ0v) is 22.1. The fraction of sp³-hybridized carbons (Fsp3) is 0.379. The minimum Gasteiger partial charge on any atom is -0.466 e. The molecule has 10 nitrogen and oxygen atoms in total. The standard InChI is InChI=1S/C29H32N4O6/c1-3-38-28(36)19-12-14-32(15-13-19)24(34)18-33-17-23-25(27(33)35)26(30-29(37)31(23)2)20-8-7-11-22(16-20)39-21-9-5-4-6-10-21/h4-11,16,19,26H,3,12-15,17-18H2,1-2H3,(H,30,37). The highest BCUT2D eigenvalue weighted by Crippen LogP contribution is 2.37. The molecule has 1 unspecified atom stereocenters. The van der Waals surface area contributed by atoms with Crippen LogP contribution in [0.4, 0.5) is 4.79 Å². The van der Waals surface area contributed by atoms with Crippen molar-refractivity contribution in [2.45, 2.75) is 25.8 Å². The normalized spacial score (nSPS) is 19.6. The Kier molecular flexibility index (Phi) is 7.53. The van der Waals surface area contributed by atoms with Gasteiger partial charge in [0.05, 0.1) is 36.4 Å². The Hall–Kier alpha value is -4.34. The molecule has 39 heavy (non-hydrogen) atoms. The van der Waals surface area contributed by atoms with E-state index < -0.39 is 6.04 Å². The molecular weight excluding hydrogens is 500 g/mol. The Labute approximate surface area is 227 Å². The average molecular weight is 533 g/mol. The van der Waals surface area contributed by atoms with Crippen LogP contribution in [0.5, 0.6) is 11.5 Å². The van der Waals surface area contributed by atoms with Crippen molar-refractivity contribution in [3.05, 3.63) is 71.4 Å². The fourth-order valence-electron chi connectivity index (χ4n) is 5.27. The highest BCUT2D eigenvalue weighted by molar-refractivity contribution is 6.03. The van der Waals surface area contributed by atoms with Gasteiger partial charge in [0.25, 0.3) is 5.91 Å². The molecule has 0 bridgehead atoms. The summed E-state index contributed by atoms with van der Waals surface area (Å²) in [6, 6.07) is 15.6. The van der Waals surface area contributed by atoms with E-state index in [2.05, 4.69) is 5.32 Å². The van der Waals surface area contributed by atoms with Crippen molar-refractivity contribution in [1.82, 2.24) is 20.0 Å². The molecule has 5 rings (SSSR count). The van der Waals surface area contributed by atoms with Crippen LogP contribution in [0.25, 0.3) is 0 Å². The maximum atomic E-state index is 13.6. The summed E-state index contributed by atoms with van der Waals surface area (Å²) in [5.41, 5.74) is 1.74. The summed E-state index contributed by atoms with van der Waals surface area (Å²) >= 11 is 0. The number of benzene rings is 2. The van der Waals surface area contributed by atoms with Crippen LogP contribution < -0.4 is 10.1 Å². The molecule has 1 saturated heterocycles. The molecule has 1 fully saturated rings. The van der Waals surface area contributed by atoms with Crippen molar-refractivity contribution in [3.63, 3.8) is 0 Å². The van der Waals surface area contributed by atoms with Crippen LogP contribution in [0.15, 0.2) is 65.9 Å². The van der Waals surface area contributed by atoms with Gasteiger partial charge in [0.1, 0.15) is 18.0 Å². The number of esters is 1. The molecule has 0 radical (unpaired) electrons. The number of nitrogens with one attached hydrogen (secondary N) is 1. The number of amides is 4. The largest absolute Gasteiger partial charge is 0.466 e. The number of likely N-dealkylation sites (tertiary alicyclic amines) is 1. The highest BCUT2D eigenvalue weighted by atomic mass is 16.5. The average Bonchev–Trinajstić information content (AvgIpc) is 3.27. The molecule has 3 aliphatic rings. The molecule has 0 spiro atoms. The SMILES string of the molecule is CCOC(=O)C1CCN(C(=O)CN2CC3=C(C2=O)C(c2cccc(Oc4ccccc4)c2)NC(=O)N3C)CC1. The van der Waals surface area contributed by atoms with Gasteiger partial charge in [-0.3, -0.25) is 19.3 Å². The van der Waals surface area contributed by atoms with E-state index in [4.69, 9.17) is 9.47 Å². The smallest absolute Gasteiger partial charge is 0.322 e. The van der Waals surface area contributed by atoms with E-state index >= 15 is 0 Å². The van der Waals surface area contributed by atoms with Crippen molar-refractivity contribution in [2.75, 3.05) is 39.8 Å². The second-order valence-electron chi connectivity index (χ2n) is 9.86. The predicted octanol–water partition coefficient (Wildman–Crippen LogP) is 3.07. The van der Waals surface area contributed by atoms with Crippen LogP contribution >= 0.6 is 0 Å². The van der Waals surface area contributed by atoms with Gasteiger partial charge in [-0.15, -0.1) is 0 Å². The van der Waals surface area contributed by atoms with Gasteiger partial charge in [-0.2, -0.15) is 0 Å². The number of para-hydroxylation sites is 1. The Balaban J connectivity index is 1.29. The van der Waals surface area contributed by atoms with E-state index in [9.17, 15) is 19.2 Å². The molecule has 3 aliphatic heterocycles. The van der Waals surface area contributed by atoms with Crippen molar-refractivity contribution >= 4 is 23.8 Å². The lowest BCUT2D eigenvalue weighted by Crippen LogP contribution is -2.46. The van der Waals surface area contributed by atoms with E-state index in [0.717, 1.165) is 0 Å². The van der Waals surface area contributed by atoms with Crippen LogP contribution in [0.1, 0.15) is 31.4 Å². The second kappa shape index (κ2) is 11.2. The third kappa shape index (κ3) is 5.45. The zero-order valence-electron chi connectivity index (χ0n) is 22.1. The first-order valence-electron chi connectivity index (χ1n) is 13.2. The molecule has 204 valence electrons. The number of ether oxygens (including phenoxy) is 2. The first kappa shape index (κ1) is 26.3. The van der Waals surface area contributed by atoms with Crippen molar-refractivity contribution in [3.8, 4) is 11.5 Å². The van der Waals surface area contributed by atoms with Gasteiger partial charge >= 0.3 is 12.0 Å². The first-order chi connectivity index (χ1) is 18.9. The predicted molar refractivity (Wildman–Crippen MR) is 142 cm³/mol. The van der Waals surface area contributed by atoms with E-state index in [1.807, 2.05) is 54.6 Å². The van der Waals surface area contributed by atoms with Crippen molar-refractivity contribution < 1.29 is 28.7 Å². The Bertz CT molecular complexity index is 1300. The lowest BCUT2D eigenvalue weighted by molar-refractivity contribution is -0.151. The highest BCUT2D eigenvalue weighted by Gasteiger charge is 2.44.